The van der Waals surface area contributed by atoms with E-state index in [2.05, 4.69) is 5.32 Å². The molecule has 10 heteroatoms. The van der Waals surface area contributed by atoms with Crippen LogP contribution in [0.1, 0.15) is 25.0 Å². The number of nitrogens with zero attached hydrogens (tertiary/aromatic N) is 2. The second kappa shape index (κ2) is 12.8. The third-order valence-electron chi connectivity index (χ3n) is 6.15. The highest BCUT2D eigenvalue weighted by molar-refractivity contribution is 7.92. The standard InChI is InChI=1S/C28H32ClN3O5S/c1-5-30-28(34)21(3)31(18-22-14-16-23(37-4)17-15-22)27(33)19-32(26-13-9-12-25(29)20(26)2)38(35,36)24-10-7-6-8-11-24/h6-17,21H,5,18-19H2,1-4H3,(H,30,34). The smallest absolute Gasteiger partial charge is 0.264 e. The van der Waals surface area contributed by atoms with Crippen LogP contribution >= 0.6 is 11.6 Å². The van der Waals surface area contributed by atoms with Crippen LogP contribution in [-0.4, -0.2) is 51.4 Å². The number of carbonyl (C=O) groups is 2. The number of anilines is 1. The number of benzene rings is 3. The van der Waals surface area contributed by atoms with E-state index >= 15 is 0 Å². The zero-order valence-electron chi connectivity index (χ0n) is 21.8. The molecule has 202 valence electrons. The Labute approximate surface area is 229 Å². The molecule has 0 aliphatic heterocycles. The van der Waals surface area contributed by atoms with E-state index in [1.54, 1.807) is 88.5 Å². The van der Waals surface area contributed by atoms with Crippen LogP contribution in [-0.2, 0) is 26.2 Å². The largest absolute Gasteiger partial charge is 0.497 e. The van der Waals surface area contributed by atoms with E-state index in [9.17, 15) is 18.0 Å². The summed E-state index contributed by atoms with van der Waals surface area (Å²) in [4.78, 5) is 28.0. The maximum atomic E-state index is 13.9. The number of amides is 2. The van der Waals surface area contributed by atoms with Gasteiger partial charge in [-0.05, 0) is 68.3 Å². The van der Waals surface area contributed by atoms with E-state index < -0.39 is 28.5 Å². The van der Waals surface area contributed by atoms with Gasteiger partial charge in [-0.15, -0.1) is 0 Å². The van der Waals surface area contributed by atoms with Crippen molar-refractivity contribution in [2.75, 3.05) is 24.5 Å². The van der Waals surface area contributed by atoms with Gasteiger partial charge in [-0.1, -0.05) is 48.0 Å². The highest BCUT2D eigenvalue weighted by atomic mass is 35.5. The fourth-order valence-electron chi connectivity index (χ4n) is 3.93. The molecule has 0 bridgehead atoms. The van der Waals surface area contributed by atoms with Crippen molar-refractivity contribution in [3.8, 4) is 5.75 Å². The van der Waals surface area contributed by atoms with E-state index in [0.29, 0.717) is 22.9 Å². The van der Waals surface area contributed by atoms with Crippen molar-refractivity contribution in [3.05, 3.63) is 88.9 Å². The lowest BCUT2D eigenvalue weighted by molar-refractivity contribution is -0.139. The maximum absolute atomic E-state index is 13.9. The van der Waals surface area contributed by atoms with Crippen LogP contribution in [0.5, 0.6) is 5.75 Å². The Morgan fingerprint density at radius 2 is 1.66 bits per heavy atom. The van der Waals surface area contributed by atoms with Crippen LogP contribution in [0, 0.1) is 6.92 Å². The molecule has 2 amide bonds. The molecule has 38 heavy (non-hydrogen) atoms. The van der Waals surface area contributed by atoms with Crippen LogP contribution in [0.15, 0.2) is 77.7 Å². The number of rotatable bonds is 11. The van der Waals surface area contributed by atoms with E-state index in [4.69, 9.17) is 16.3 Å². The van der Waals surface area contributed by atoms with E-state index in [1.165, 1.54) is 17.0 Å². The lowest BCUT2D eigenvalue weighted by Gasteiger charge is -2.32. The summed E-state index contributed by atoms with van der Waals surface area (Å²) in [6.07, 6.45) is 0. The molecule has 3 aromatic carbocycles. The van der Waals surface area contributed by atoms with Gasteiger partial charge in [-0.2, -0.15) is 0 Å². The predicted molar refractivity (Wildman–Crippen MR) is 149 cm³/mol. The van der Waals surface area contributed by atoms with E-state index in [1.807, 2.05) is 0 Å². The molecule has 0 heterocycles. The van der Waals surface area contributed by atoms with Crippen molar-refractivity contribution in [2.24, 2.45) is 0 Å². The van der Waals surface area contributed by atoms with Gasteiger partial charge in [0.2, 0.25) is 11.8 Å². The Morgan fingerprint density at radius 1 is 1.00 bits per heavy atom. The number of halogens is 1. The van der Waals surface area contributed by atoms with Crippen molar-refractivity contribution in [2.45, 2.75) is 38.3 Å². The molecule has 0 fully saturated rings. The zero-order chi connectivity index (χ0) is 27.9. The fraction of sp³-hybridized carbons (Fsp3) is 0.286. The molecule has 0 saturated heterocycles. The Hall–Kier alpha value is -3.56. The van der Waals surface area contributed by atoms with Crippen LogP contribution in [0.3, 0.4) is 0 Å². The molecule has 0 radical (unpaired) electrons. The van der Waals surface area contributed by atoms with E-state index in [0.717, 1.165) is 9.87 Å². The molecule has 3 rings (SSSR count). The zero-order valence-corrected chi connectivity index (χ0v) is 23.4. The number of ether oxygens (including phenoxy) is 1. The lowest BCUT2D eigenvalue weighted by Crippen LogP contribution is -2.51. The van der Waals surface area contributed by atoms with Crippen molar-refractivity contribution >= 4 is 39.1 Å². The summed E-state index contributed by atoms with van der Waals surface area (Å²) in [5.41, 5.74) is 1.55. The second-order valence-electron chi connectivity index (χ2n) is 8.65. The first-order valence-corrected chi connectivity index (χ1v) is 13.9. The van der Waals surface area contributed by atoms with Crippen LogP contribution in [0.2, 0.25) is 5.02 Å². The summed E-state index contributed by atoms with van der Waals surface area (Å²) in [5, 5.41) is 3.11. The SMILES string of the molecule is CCNC(=O)C(C)N(Cc1ccc(OC)cc1)C(=O)CN(c1cccc(Cl)c1C)S(=O)(=O)c1ccccc1. The Kier molecular flexibility index (Phi) is 9.77. The molecule has 0 spiro atoms. The highest BCUT2D eigenvalue weighted by Crippen LogP contribution is 2.31. The Bertz CT molecular complexity index is 1360. The van der Waals surface area contributed by atoms with Gasteiger partial charge >= 0.3 is 0 Å². The van der Waals surface area contributed by atoms with Crippen LogP contribution in [0.4, 0.5) is 5.69 Å². The van der Waals surface area contributed by atoms with Crippen LogP contribution in [0.25, 0.3) is 0 Å². The molecule has 3 aromatic rings. The first-order chi connectivity index (χ1) is 18.1. The Balaban J connectivity index is 2.05. The minimum Gasteiger partial charge on any atom is -0.497 e. The summed E-state index contributed by atoms with van der Waals surface area (Å²) < 4.78 is 33.9. The van der Waals surface area contributed by atoms with E-state index in [-0.39, 0.29) is 23.0 Å². The molecule has 1 atom stereocenters. The average Bonchev–Trinajstić information content (AvgIpc) is 2.92. The van der Waals surface area contributed by atoms with Gasteiger partial charge in [0.15, 0.2) is 0 Å². The second-order valence-corrected chi connectivity index (χ2v) is 10.9. The number of methoxy groups -OCH3 is 1. The molecular formula is C28H32ClN3O5S. The van der Waals surface area contributed by atoms with Crippen molar-refractivity contribution in [3.63, 3.8) is 0 Å². The average molecular weight is 558 g/mol. The number of likely N-dealkylation sites (N-methyl/N-ethyl adjacent to an activating group) is 1. The molecule has 8 nitrogen and oxygen atoms in total. The lowest BCUT2D eigenvalue weighted by atomic mass is 10.1. The third kappa shape index (κ3) is 6.65. The number of hydrogen-bond acceptors (Lipinski definition) is 5. The van der Waals surface area contributed by atoms with Crippen molar-refractivity contribution < 1.29 is 22.7 Å². The molecule has 0 aliphatic rings. The summed E-state index contributed by atoms with van der Waals surface area (Å²) >= 11 is 6.33. The third-order valence-corrected chi connectivity index (χ3v) is 8.33. The molecule has 0 aliphatic carbocycles. The summed E-state index contributed by atoms with van der Waals surface area (Å²) in [6, 6.07) is 19.0. The minimum absolute atomic E-state index is 0.0330. The van der Waals surface area contributed by atoms with Gasteiger partial charge in [0, 0.05) is 18.1 Å². The van der Waals surface area contributed by atoms with Crippen molar-refractivity contribution in [1.29, 1.82) is 0 Å². The summed E-state index contributed by atoms with van der Waals surface area (Å²) in [5.74, 6) is -0.232. The topological polar surface area (TPSA) is 96.0 Å². The molecule has 0 aromatic heterocycles. The molecule has 1 unspecified atom stereocenters. The normalized spacial score (nSPS) is 11.9. The van der Waals surface area contributed by atoms with Gasteiger partial charge in [0.1, 0.15) is 18.3 Å². The first kappa shape index (κ1) is 29.0. The van der Waals surface area contributed by atoms with Gasteiger partial charge in [0.25, 0.3) is 10.0 Å². The maximum Gasteiger partial charge on any atom is 0.264 e. The number of nitrogens with one attached hydrogen (secondary N) is 1. The Morgan fingerprint density at radius 3 is 2.26 bits per heavy atom. The predicted octanol–water partition coefficient (Wildman–Crippen LogP) is 4.41. The summed E-state index contributed by atoms with van der Waals surface area (Å²) in [7, 11) is -2.59. The number of hydrogen-bond donors (Lipinski definition) is 1. The van der Waals surface area contributed by atoms with Crippen molar-refractivity contribution in [1.82, 2.24) is 10.2 Å². The monoisotopic (exact) mass is 557 g/mol. The first-order valence-electron chi connectivity index (χ1n) is 12.1. The minimum atomic E-state index is -4.15. The molecule has 1 N–H and O–H groups in total. The highest BCUT2D eigenvalue weighted by Gasteiger charge is 2.33. The van der Waals surface area contributed by atoms with Gasteiger partial charge < -0.3 is 15.0 Å². The number of sulfonamides is 1. The van der Waals surface area contributed by atoms with Gasteiger partial charge in [-0.3, -0.25) is 13.9 Å². The quantitative estimate of drug-likeness (QED) is 0.377. The molecular weight excluding hydrogens is 526 g/mol. The van der Waals surface area contributed by atoms with Gasteiger partial charge in [0.05, 0.1) is 17.7 Å². The molecule has 0 saturated carbocycles. The fourth-order valence-corrected chi connectivity index (χ4v) is 5.59. The summed E-state index contributed by atoms with van der Waals surface area (Å²) in [6.45, 7) is 5.06. The number of carbonyl (C=O) groups excluding carboxylic acids is 2. The van der Waals surface area contributed by atoms with Crippen LogP contribution < -0.4 is 14.4 Å². The van der Waals surface area contributed by atoms with Gasteiger partial charge in [-0.25, -0.2) is 8.42 Å².